The number of alkyl halides is 3. The second-order valence-electron chi connectivity index (χ2n) is 5.73. The molecule has 0 fully saturated rings. The first-order chi connectivity index (χ1) is 11.5. The maximum atomic E-state index is 11.9. The number of halogens is 3. The lowest BCUT2D eigenvalue weighted by atomic mass is 10.2. The van der Waals surface area contributed by atoms with Gasteiger partial charge in [-0.05, 0) is 34.6 Å². The van der Waals surface area contributed by atoms with E-state index < -0.39 is 48.4 Å². The normalized spacial score (nSPS) is 12.2. The van der Waals surface area contributed by atoms with Gasteiger partial charge in [-0.25, -0.2) is 14.4 Å². The van der Waals surface area contributed by atoms with Crippen molar-refractivity contribution in [2.24, 2.45) is 0 Å². The van der Waals surface area contributed by atoms with Crippen LogP contribution in [-0.2, 0) is 23.9 Å². The Morgan fingerprint density at radius 2 is 1.50 bits per heavy atom. The van der Waals surface area contributed by atoms with Gasteiger partial charge in [0.25, 0.3) is 0 Å². The monoisotopic (exact) mass is 389 g/mol. The summed E-state index contributed by atoms with van der Waals surface area (Å²) in [6, 6.07) is -1.18. The Kier molecular flexibility index (Phi) is 10.3. The van der Waals surface area contributed by atoms with E-state index in [0.29, 0.717) is 0 Å². The number of carboxylic acid groups (broad SMARTS) is 2. The number of carbonyl (C=O) groups is 4. The number of ether oxygens (including phenoxy) is 2. The van der Waals surface area contributed by atoms with Crippen molar-refractivity contribution in [3.05, 3.63) is 0 Å². The highest BCUT2D eigenvalue weighted by Gasteiger charge is 2.38. The standard InChI is InChI=1S/C12H21NO6.C2HF3O2/c1-6-18-9(14)7-13(8(2)10(15)16)11(17)19-12(3,4)5;3-2(4,5)1(6)7/h8H,6-7H2,1-5H3,(H,15,16);(H,6,7). The number of esters is 1. The summed E-state index contributed by atoms with van der Waals surface area (Å²) in [6.07, 6.45) is -5.95. The molecule has 12 heteroatoms. The minimum atomic E-state index is -5.08. The largest absolute Gasteiger partial charge is 0.490 e. The maximum Gasteiger partial charge on any atom is 0.490 e. The fourth-order valence-electron chi connectivity index (χ4n) is 1.16. The average Bonchev–Trinajstić information content (AvgIpc) is 2.41. The zero-order valence-electron chi connectivity index (χ0n) is 14.9. The van der Waals surface area contributed by atoms with Crippen LogP contribution in [0.3, 0.4) is 0 Å². The Morgan fingerprint density at radius 1 is 1.08 bits per heavy atom. The number of carbonyl (C=O) groups excluding carboxylic acids is 2. The minimum absolute atomic E-state index is 0.155. The molecule has 152 valence electrons. The number of amides is 1. The van der Waals surface area contributed by atoms with Crippen LogP contribution >= 0.6 is 0 Å². The fraction of sp³-hybridized carbons (Fsp3) is 0.714. The van der Waals surface area contributed by atoms with Crippen molar-refractivity contribution in [3.8, 4) is 0 Å². The molecule has 2 N–H and O–H groups in total. The van der Waals surface area contributed by atoms with Crippen LogP contribution < -0.4 is 0 Å². The van der Waals surface area contributed by atoms with Gasteiger partial charge in [0, 0.05) is 0 Å². The summed E-state index contributed by atoms with van der Waals surface area (Å²) < 4.78 is 41.5. The van der Waals surface area contributed by atoms with Crippen LogP contribution in [0.25, 0.3) is 0 Å². The first kappa shape index (κ1) is 25.7. The summed E-state index contributed by atoms with van der Waals surface area (Å²) in [5, 5.41) is 16.1. The molecule has 0 aromatic carbocycles. The van der Waals surface area contributed by atoms with Crippen molar-refractivity contribution in [3.63, 3.8) is 0 Å². The third kappa shape index (κ3) is 11.9. The Labute approximate surface area is 147 Å². The topological polar surface area (TPSA) is 130 Å². The van der Waals surface area contributed by atoms with E-state index in [4.69, 9.17) is 24.5 Å². The number of hydrogen-bond donors (Lipinski definition) is 2. The van der Waals surface area contributed by atoms with Gasteiger partial charge >= 0.3 is 30.2 Å². The Balaban J connectivity index is 0. The van der Waals surface area contributed by atoms with Crippen LogP contribution in [0, 0.1) is 0 Å². The SMILES string of the molecule is CCOC(=O)CN(C(=O)OC(C)(C)C)C(C)C(=O)O.O=C(O)C(F)(F)F. The van der Waals surface area contributed by atoms with Crippen molar-refractivity contribution in [1.82, 2.24) is 4.90 Å². The second kappa shape index (κ2) is 10.5. The van der Waals surface area contributed by atoms with Gasteiger partial charge in [-0.15, -0.1) is 0 Å². The first-order valence-electron chi connectivity index (χ1n) is 7.21. The molecule has 0 aliphatic rings. The summed E-state index contributed by atoms with van der Waals surface area (Å²) in [6.45, 7) is 7.57. The predicted molar refractivity (Wildman–Crippen MR) is 80.4 cm³/mol. The Bertz CT molecular complexity index is 513. The molecule has 0 aromatic heterocycles. The predicted octanol–water partition coefficient (Wildman–Crippen LogP) is 1.89. The maximum absolute atomic E-state index is 11.9. The van der Waals surface area contributed by atoms with Crippen molar-refractivity contribution >= 4 is 24.0 Å². The average molecular weight is 389 g/mol. The molecule has 0 heterocycles. The Morgan fingerprint density at radius 3 is 1.77 bits per heavy atom. The lowest BCUT2D eigenvalue weighted by molar-refractivity contribution is -0.192. The highest BCUT2D eigenvalue weighted by molar-refractivity contribution is 5.84. The zero-order valence-corrected chi connectivity index (χ0v) is 14.9. The fourth-order valence-corrected chi connectivity index (χ4v) is 1.16. The molecule has 0 saturated carbocycles. The van der Waals surface area contributed by atoms with Gasteiger partial charge in [0.05, 0.1) is 6.61 Å². The number of hydrogen-bond acceptors (Lipinski definition) is 6. The molecule has 0 spiro atoms. The van der Waals surface area contributed by atoms with E-state index >= 15 is 0 Å². The lowest BCUT2D eigenvalue weighted by Crippen LogP contribution is -2.48. The Hall–Kier alpha value is -2.53. The van der Waals surface area contributed by atoms with E-state index in [1.807, 2.05) is 0 Å². The third-order valence-electron chi connectivity index (χ3n) is 2.30. The van der Waals surface area contributed by atoms with Crippen LogP contribution in [0.4, 0.5) is 18.0 Å². The smallest absolute Gasteiger partial charge is 0.480 e. The van der Waals surface area contributed by atoms with Crippen LogP contribution in [0.2, 0.25) is 0 Å². The molecule has 0 bridgehead atoms. The number of nitrogens with zero attached hydrogens (tertiary/aromatic N) is 1. The second-order valence-corrected chi connectivity index (χ2v) is 5.73. The quantitative estimate of drug-likeness (QED) is 0.682. The molecule has 1 unspecified atom stereocenters. The van der Waals surface area contributed by atoms with Gasteiger partial charge in [-0.2, -0.15) is 13.2 Å². The van der Waals surface area contributed by atoms with Gasteiger partial charge < -0.3 is 19.7 Å². The summed E-state index contributed by atoms with van der Waals surface area (Å²) in [5.41, 5.74) is -0.776. The molecule has 0 saturated heterocycles. The molecule has 9 nitrogen and oxygen atoms in total. The van der Waals surface area contributed by atoms with Crippen LogP contribution in [0.1, 0.15) is 34.6 Å². The van der Waals surface area contributed by atoms with Crippen molar-refractivity contribution < 1.29 is 52.0 Å². The summed E-state index contributed by atoms with van der Waals surface area (Å²) in [4.78, 5) is 43.9. The van der Waals surface area contributed by atoms with E-state index in [2.05, 4.69) is 0 Å². The van der Waals surface area contributed by atoms with E-state index in [1.165, 1.54) is 6.92 Å². The third-order valence-corrected chi connectivity index (χ3v) is 2.30. The van der Waals surface area contributed by atoms with Crippen LogP contribution in [-0.4, -0.2) is 70.1 Å². The van der Waals surface area contributed by atoms with Gasteiger partial charge in [0.2, 0.25) is 0 Å². The van der Waals surface area contributed by atoms with Gasteiger partial charge in [-0.3, -0.25) is 9.69 Å². The van der Waals surface area contributed by atoms with Gasteiger partial charge in [0.15, 0.2) is 0 Å². The highest BCUT2D eigenvalue weighted by Crippen LogP contribution is 2.13. The van der Waals surface area contributed by atoms with Crippen molar-refractivity contribution in [1.29, 1.82) is 0 Å². The lowest BCUT2D eigenvalue weighted by Gasteiger charge is -2.29. The van der Waals surface area contributed by atoms with Crippen molar-refractivity contribution in [2.45, 2.75) is 52.4 Å². The van der Waals surface area contributed by atoms with Gasteiger partial charge in [-0.1, -0.05) is 0 Å². The summed E-state index contributed by atoms with van der Waals surface area (Å²) in [5.74, 6) is -4.66. The van der Waals surface area contributed by atoms with E-state index in [0.717, 1.165) is 4.90 Å². The highest BCUT2D eigenvalue weighted by atomic mass is 19.4. The molecule has 0 radical (unpaired) electrons. The number of carboxylic acids is 2. The molecular weight excluding hydrogens is 367 g/mol. The van der Waals surface area contributed by atoms with E-state index in [1.54, 1.807) is 27.7 Å². The molecule has 0 aromatic rings. The van der Waals surface area contributed by atoms with Crippen LogP contribution in [0.15, 0.2) is 0 Å². The molecular formula is C14H22F3NO8. The van der Waals surface area contributed by atoms with Crippen LogP contribution in [0.5, 0.6) is 0 Å². The molecule has 0 aliphatic carbocycles. The molecule has 26 heavy (non-hydrogen) atoms. The molecule has 1 amide bonds. The van der Waals surface area contributed by atoms with Crippen molar-refractivity contribution in [2.75, 3.05) is 13.2 Å². The zero-order chi connectivity index (χ0) is 21.3. The molecule has 1 atom stereocenters. The minimum Gasteiger partial charge on any atom is -0.480 e. The van der Waals surface area contributed by atoms with E-state index in [-0.39, 0.29) is 6.61 Å². The van der Waals surface area contributed by atoms with E-state index in [9.17, 15) is 27.6 Å². The molecule has 0 rings (SSSR count). The first-order valence-corrected chi connectivity index (χ1v) is 7.21. The summed E-state index contributed by atoms with van der Waals surface area (Å²) in [7, 11) is 0. The summed E-state index contributed by atoms with van der Waals surface area (Å²) >= 11 is 0. The molecule has 0 aliphatic heterocycles. The number of aliphatic carboxylic acids is 2. The number of rotatable bonds is 5. The van der Waals surface area contributed by atoms with Gasteiger partial charge in [0.1, 0.15) is 18.2 Å².